The van der Waals surface area contributed by atoms with Gasteiger partial charge < -0.3 is 0 Å². The average molecular weight is 259 g/mol. The van der Waals surface area contributed by atoms with E-state index in [2.05, 4.69) is 21.0 Å². The van der Waals surface area contributed by atoms with Gasteiger partial charge in [0.05, 0.1) is 16.4 Å². The van der Waals surface area contributed by atoms with Gasteiger partial charge in [0.15, 0.2) is 0 Å². The maximum absolute atomic E-state index is 11.2. The second-order valence-electron chi connectivity index (χ2n) is 3.15. The Kier molecular flexibility index (Phi) is 4.32. The number of hydrogen-bond donors (Lipinski definition) is 0. The van der Waals surface area contributed by atoms with Crippen LogP contribution in [0.25, 0.3) is 0 Å². The van der Waals surface area contributed by atoms with Crippen LogP contribution in [0.15, 0.2) is 10.7 Å². The molecule has 0 aliphatic heterocycles. The molecule has 0 aliphatic rings. The van der Waals surface area contributed by atoms with Crippen molar-refractivity contribution in [1.82, 2.24) is 9.78 Å². The molecule has 0 unspecified atom stereocenters. The first kappa shape index (κ1) is 11.4. The van der Waals surface area contributed by atoms with Crippen LogP contribution in [0.4, 0.5) is 0 Å². The first-order valence-electron chi connectivity index (χ1n) is 4.90. The van der Waals surface area contributed by atoms with Crippen LogP contribution in [0.1, 0.15) is 32.4 Å². The summed E-state index contributed by atoms with van der Waals surface area (Å²) in [6.45, 7) is 4.79. The lowest BCUT2D eigenvalue weighted by atomic mass is 10.1. The minimum atomic E-state index is 0.306. The van der Waals surface area contributed by atoms with Crippen molar-refractivity contribution in [3.05, 3.63) is 16.4 Å². The molecule has 0 saturated carbocycles. The summed E-state index contributed by atoms with van der Waals surface area (Å²) in [5, 5.41) is 4.20. The monoisotopic (exact) mass is 258 g/mol. The van der Waals surface area contributed by atoms with Gasteiger partial charge in [-0.15, -0.1) is 0 Å². The predicted molar refractivity (Wildman–Crippen MR) is 59.2 cm³/mol. The number of hydrogen-bond acceptors (Lipinski definition) is 2. The Morgan fingerprint density at radius 1 is 1.57 bits per heavy atom. The number of rotatable bonds is 5. The summed E-state index contributed by atoms with van der Waals surface area (Å²) in [5.74, 6) is 0.306. The standard InChI is InChI=1S/C10H15BrN2O/c1-3-8(14)5-6-10-9(11)7-12-13(10)4-2/h7H,3-6H2,1-2H3. The Morgan fingerprint density at radius 2 is 2.29 bits per heavy atom. The number of carbonyl (C=O) groups is 1. The molecule has 0 radical (unpaired) electrons. The molecule has 0 bridgehead atoms. The van der Waals surface area contributed by atoms with Gasteiger partial charge in [0, 0.05) is 19.4 Å². The molecule has 1 heterocycles. The molecule has 0 spiro atoms. The third-order valence-electron chi connectivity index (χ3n) is 2.23. The Hall–Kier alpha value is -0.640. The van der Waals surface area contributed by atoms with Crippen LogP contribution in [-0.2, 0) is 17.8 Å². The fourth-order valence-electron chi connectivity index (χ4n) is 1.34. The van der Waals surface area contributed by atoms with Crippen LogP contribution in [-0.4, -0.2) is 15.6 Å². The van der Waals surface area contributed by atoms with Crippen LogP contribution in [0.3, 0.4) is 0 Å². The van der Waals surface area contributed by atoms with E-state index in [-0.39, 0.29) is 0 Å². The Morgan fingerprint density at radius 3 is 2.86 bits per heavy atom. The van der Waals surface area contributed by atoms with Crippen LogP contribution < -0.4 is 0 Å². The summed E-state index contributed by atoms with van der Waals surface area (Å²) in [6, 6.07) is 0. The van der Waals surface area contributed by atoms with E-state index in [0.717, 1.165) is 23.1 Å². The smallest absolute Gasteiger partial charge is 0.133 e. The van der Waals surface area contributed by atoms with Gasteiger partial charge in [-0.25, -0.2) is 0 Å². The van der Waals surface area contributed by atoms with E-state index in [1.54, 1.807) is 6.20 Å². The number of aromatic nitrogens is 2. The summed E-state index contributed by atoms with van der Waals surface area (Å²) in [4.78, 5) is 11.2. The maximum atomic E-state index is 11.2. The molecular weight excluding hydrogens is 244 g/mol. The van der Waals surface area contributed by atoms with Gasteiger partial charge in [0.1, 0.15) is 5.78 Å². The zero-order valence-corrected chi connectivity index (χ0v) is 10.2. The number of Topliss-reactive ketones (excluding diaryl/α,β-unsaturated/α-hetero) is 1. The number of nitrogens with zero attached hydrogens (tertiary/aromatic N) is 2. The van der Waals surface area contributed by atoms with Crippen LogP contribution >= 0.6 is 15.9 Å². The van der Waals surface area contributed by atoms with E-state index in [9.17, 15) is 4.79 Å². The van der Waals surface area contributed by atoms with Gasteiger partial charge in [-0.3, -0.25) is 9.48 Å². The topological polar surface area (TPSA) is 34.9 Å². The fraction of sp³-hybridized carbons (Fsp3) is 0.600. The predicted octanol–water partition coefficient (Wildman–Crippen LogP) is 2.58. The molecular formula is C10H15BrN2O. The summed E-state index contributed by atoms with van der Waals surface area (Å²) in [6.07, 6.45) is 3.80. The second kappa shape index (κ2) is 5.29. The quantitative estimate of drug-likeness (QED) is 0.814. The highest BCUT2D eigenvalue weighted by molar-refractivity contribution is 9.10. The van der Waals surface area contributed by atoms with E-state index in [1.165, 1.54) is 0 Å². The number of aryl methyl sites for hydroxylation is 1. The number of ketones is 1. The summed E-state index contributed by atoms with van der Waals surface area (Å²) in [5.41, 5.74) is 1.12. The molecule has 1 aromatic rings. The SMILES string of the molecule is CCC(=O)CCc1c(Br)cnn1CC. The van der Waals surface area contributed by atoms with E-state index < -0.39 is 0 Å². The highest BCUT2D eigenvalue weighted by atomic mass is 79.9. The molecule has 0 amide bonds. The lowest BCUT2D eigenvalue weighted by molar-refractivity contribution is -0.118. The molecule has 0 N–H and O–H groups in total. The van der Waals surface area contributed by atoms with Crippen LogP contribution in [0.2, 0.25) is 0 Å². The molecule has 3 nitrogen and oxygen atoms in total. The first-order valence-corrected chi connectivity index (χ1v) is 5.70. The van der Waals surface area contributed by atoms with E-state index in [1.807, 2.05) is 18.5 Å². The Balaban J connectivity index is 2.65. The Labute approximate surface area is 92.6 Å². The average Bonchev–Trinajstić information content (AvgIpc) is 2.55. The van der Waals surface area contributed by atoms with Crippen molar-refractivity contribution >= 4 is 21.7 Å². The van der Waals surface area contributed by atoms with Gasteiger partial charge in [0.25, 0.3) is 0 Å². The normalized spacial score (nSPS) is 10.5. The van der Waals surface area contributed by atoms with Gasteiger partial charge >= 0.3 is 0 Å². The second-order valence-corrected chi connectivity index (χ2v) is 4.00. The van der Waals surface area contributed by atoms with Crippen molar-refractivity contribution in [3.63, 3.8) is 0 Å². The van der Waals surface area contributed by atoms with Crippen molar-refractivity contribution in [3.8, 4) is 0 Å². The molecule has 78 valence electrons. The largest absolute Gasteiger partial charge is 0.300 e. The Bertz CT molecular complexity index is 320. The van der Waals surface area contributed by atoms with Crippen LogP contribution in [0, 0.1) is 0 Å². The van der Waals surface area contributed by atoms with Gasteiger partial charge in [0.2, 0.25) is 0 Å². The fourth-order valence-corrected chi connectivity index (χ4v) is 1.84. The van der Waals surface area contributed by atoms with Gasteiger partial charge in [-0.1, -0.05) is 6.92 Å². The van der Waals surface area contributed by atoms with Crippen molar-refractivity contribution < 1.29 is 4.79 Å². The molecule has 0 saturated heterocycles. The number of carbonyl (C=O) groups excluding carboxylic acids is 1. The van der Waals surface area contributed by atoms with E-state index in [4.69, 9.17) is 0 Å². The molecule has 4 heteroatoms. The molecule has 1 rings (SSSR count). The lowest BCUT2D eigenvalue weighted by Gasteiger charge is -2.04. The van der Waals surface area contributed by atoms with Crippen LogP contribution in [0.5, 0.6) is 0 Å². The highest BCUT2D eigenvalue weighted by Gasteiger charge is 2.08. The van der Waals surface area contributed by atoms with Crippen molar-refractivity contribution in [2.24, 2.45) is 0 Å². The number of halogens is 1. The summed E-state index contributed by atoms with van der Waals surface area (Å²) in [7, 11) is 0. The summed E-state index contributed by atoms with van der Waals surface area (Å²) < 4.78 is 2.93. The third kappa shape index (κ3) is 2.67. The molecule has 0 aromatic carbocycles. The van der Waals surface area contributed by atoms with Gasteiger partial charge in [-0.2, -0.15) is 5.10 Å². The summed E-state index contributed by atoms with van der Waals surface area (Å²) >= 11 is 3.44. The van der Waals surface area contributed by atoms with E-state index >= 15 is 0 Å². The van der Waals surface area contributed by atoms with Crippen molar-refractivity contribution in [2.75, 3.05) is 0 Å². The lowest BCUT2D eigenvalue weighted by Crippen LogP contribution is -2.06. The first-order chi connectivity index (χ1) is 6.69. The minimum absolute atomic E-state index is 0.306. The highest BCUT2D eigenvalue weighted by Crippen LogP contribution is 2.17. The van der Waals surface area contributed by atoms with Crippen molar-refractivity contribution in [2.45, 2.75) is 39.7 Å². The zero-order chi connectivity index (χ0) is 10.6. The minimum Gasteiger partial charge on any atom is -0.300 e. The maximum Gasteiger partial charge on any atom is 0.133 e. The third-order valence-corrected chi connectivity index (χ3v) is 2.89. The molecule has 0 atom stereocenters. The molecule has 14 heavy (non-hydrogen) atoms. The van der Waals surface area contributed by atoms with E-state index in [0.29, 0.717) is 18.6 Å². The van der Waals surface area contributed by atoms with Crippen molar-refractivity contribution in [1.29, 1.82) is 0 Å². The molecule has 0 fully saturated rings. The van der Waals surface area contributed by atoms with Gasteiger partial charge in [-0.05, 0) is 29.3 Å². The molecule has 1 aromatic heterocycles. The molecule has 0 aliphatic carbocycles. The zero-order valence-electron chi connectivity index (χ0n) is 8.59.